The number of guanidine groups is 1. The summed E-state index contributed by atoms with van der Waals surface area (Å²) < 4.78 is 4.47. The van der Waals surface area contributed by atoms with E-state index in [0.717, 1.165) is 5.56 Å². The van der Waals surface area contributed by atoms with Crippen LogP contribution in [0, 0.1) is 17.0 Å². The number of amides is 1. The molecule has 4 N–H and O–H groups in total. The van der Waals surface area contributed by atoms with Gasteiger partial charge in [0, 0.05) is 5.69 Å². The Bertz CT molecular complexity index is 529. The molecular weight excluding hydrogens is 254 g/mol. The number of nitrogens with two attached hydrogens (primary N) is 1. The van der Waals surface area contributed by atoms with E-state index in [4.69, 9.17) is 5.73 Å². The maximum Gasteiger partial charge on any atom is 0.411 e. The minimum atomic E-state index is -0.819. The van der Waals surface area contributed by atoms with E-state index in [1.165, 1.54) is 13.2 Å². The zero-order chi connectivity index (χ0) is 14.4. The van der Waals surface area contributed by atoms with Crippen molar-refractivity contribution in [2.24, 2.45) is 10.7 Å². The van der Waals surface area contributed by atoms with Crippen LogP contribution in [0.1, 0.15) is 5.56 Å². The van der Waals surface area contributed by atoms with Gasteiger partial charge in [-0.05, 0) is 24.6 Å². The predicted molar refractivity (Wildman–Crippen MR) is 68.6 cm³/mol. The molecule has 0 aromatic heterocycles. The number of methoxy groups -OCH3 is 1. The van der Waals surface area contributed by atoms with Crippen LogP contribution in [0.2, 0.25) is 0 Å². The van der Waals surface area contributed by atoms with E-state index >= 15 is 0 Å². The highest BCUT2D eigenvalue weighted by atomic mass is 16.7. The Kier molecular flexibility index (Phi) is 4.63. The maximum absolute atomic E-state index is 11.1. The second kappa shape index (κ2) is 6.19. The molecule has 1 aromatic carbocycles. The Morgan fingerprint density at radius 1 is 1.53 bits per heavy atom. The SMILES string of the molecule is COC(=O)Nc1cc(N=C(N)N[N+](=O)[O-])ccc1C. The number of nitrogens with zero attached hydrogens (tertiary/aromatic N) is 2. The van der Waals surface area contributed by atoms with Gasteiger partial charge in [-0.25, -0.2) is 19.9 Å². The number of carbonyl (C=O) groups is 1. The van der Waals surface area contributed by atoms with Crippen molar-refractivity contribution in [3.8, 4) is 0 Å². The number of nitrogens with one attached hydrogen (secondary N) is 2. The monoisotopic (exact) mass is 267 g/mol. The molecule has 0 atom stereocenters. The van der Waals surface area contributed by atoms with Gasteiger partial charge in [0.05, 0.1) is 12.8 Å². The van der Waals surface area contributed by atoms with E-state index in [2.05, 4.69) is 15.0 Å². The van der Waals surface area contributed by atoms with Crippen molar-refractivity contribution < 1.29 is 14.6 Å². The zero-order valence-electron chi connectivity index (χ0n) is 10.3. The molecule has 0 fully saturated rings. The molecule has 0 saturated heterocycles. The van der Waals surface area contributed by atoms with Crippen LogP contribution in [0.25, 0.3) is 0 Å². The summed E-state index contributed by atoms with van der Waals surface area (Å²) >= 11 is 0. The fourth-order valence-corrected chi connectivity index (χ4v) is 1.23. The standard InChI is InChI=1S/C10H13N5O4/c1-6-3-4-7(12-9(11)14-15(17)18)5-8(6)13-10(16)19-2/h3-5H,1-2H3,(H,13,16)(H3,11,12,14). The number of hydrogen-bond acceptors (Lipinski definition) is 5. The molecule has 0 aliphatic rings. The summed E-state index contributed by atoms with van der Waals surface area (Å²) in [6, 6.07) is 4.80. The molecule has 1 amide bonds. The highest BCUT2D eigenvalue weighted by Crippen LogP contribution is 2.22. The highest BCUT2D eigenvalue weighted by molar-refractivity contribution is 5.87. The fraction of sp³-hybridized carbons (Fsp3) is 0.200. The molecule has 19 heavy (non-hydrogen) atoms. The van der Waals surface area contributed by atoms with E-state index in [1.54, 1.807) is 24.5 Å². The minimum absolute atomic E-state index is 0.351. The average Bonchev–Trinajstić information content (AvgIpc) is 2.32. The van der Waals surface area contributed by atoms with Crippen LogP contribution in [0.4, 0.5) is 16.2 Å². The van der Waals surface area contributed by atoms with Crippen molar-refractivity contribution in [3.63, 3.8) is 0 Å². The van der Waals surface area contributed by atoms with E-state index in [0.29, 0.717) is 11.4 Å². The zero-order valence-corrected chi connectivity index (χ0v) is 10.3. The number of aliphatic imine (C=N–C) groups is 1. The quantitative estimate of drug-likeness (QED) is 0.322. The number of rotatable bonds is 3. The van der Waals surface area contributed by atoms with Gasteiger partial charge in [0.2, 0.25) is 0 Å². The number of benzene rings is 1. The Morgan fingerprint density at radius 2 is 2.21 bits per heavy atom. The topological polar surface area (TPSA) is 132 Å². The first-order valence-electron chi connectivity index (χ1n) is 5.13. The smallest absolute Gasteiger partial charge is 0.411 e. The van der Waals surface area contributed by atoms with Crippen molar-refractivity contribution in [2.45, 2.75) is 6.92 Å². The summed E-state index contributed by atoms with van der Waals surface area (Å²) in [7, 11) is 1.24. The molecule has 1 rings (SSSR count). The largest absolute Gasteiger partial charge is 0.453 e. The summed E-state index contributed by atoms with van der Waals surface area (Å²) in [4.78, 5) is 25.1. The van der Waals surface area contributed by atoms with Crippen LogP contribution in [0.15, 0.2) is 23.2 Å². The lowest BCUT2D eigenvalue weighted by atomic mass is 10.2. The van der Waals surface area contributed by atoms with Crippen molar-refractivity contribution in [3.05, 3.63) is 33.9 Å². The van der Waals surface area contributed by atoms with E-state index < -0.39 is 11.1 Å². The van der Waals surface area contributed by atoms with Crippen LogP contribution < -0.4 is 16.5 Å². The van der Waals surface area contributed by atoms with Gasteiger partial charge >= 0.3 is 6.09 Å². The molecular formula is C10H13N5O4. The molecule has 0 aliphatic carbocycles. The molecule has 0 heterocycles. The highest BCUT2D eigenvalue weighted by Gasteiger charge is 2.06. The van der Waals surface area contributed by atoms with Crippen molar-refractivity contribution in [1.82, 2.24) is 5.43 Å². The lowest BCUT2D eigenvalue weighted by Crippen LogP contribution is -2.35. The second-order valence-corrected chi connectivity index (χ2v) is 3.48. The number of carbonyl (C=O) groups excluding carboxylic acids is 1. The molecule has 9 nitrogen and oxygen atoms in total. The van der Waals surface area contributed by atoms with Gasteiger partial charge in [0.15, 0.2) is 5.03 Å². The molecule has 0 saturated carbocycles. The number of hydrazine groups is 1. The number of hydrogen-bond donors (Lipinski definition) is 3. The molecule has 102 valence electrons. The maximum atomic E-state index is 11.1. The van der Waals surface area contributed by atoms with Gasteiger partial charge in [-0.15, -0.1) is 0 Å². The second-order valence-electron chi connectivity index (χ2n) is 3.48. The van der Waals surface area contributed by atoms with Gasteiger partial charge in [-0.3, -0.25) is 5.32 Å². The van der Waals surface area contributed by atoms with Gasteiger partial charge in [0.25, 0.3) is 5.96 Å². The van der Waals surface area contributed by atoms with Gasteiger partial charge in [-0.2, -0.15) is 0 Å². The molecule has 0 radical (unpaired) electrons. The van der Waals surface area contributed by atoms with Crippen molar-refractivity contribution in [1.29, 1.82) is 0 Å². The Labute approximate surface area is 108 Å². The van der Waals surface area contributed by atoms with Crippen LogP contribution >= 0.6 is 0 Å². The molecule has 0 spiro atoms. The minimum Gasteiger partial charge on any atom is -0.453 e. The van der Waals surface area contributed by atoms with Crippen LogP contribution in [0.3, 0.4) is 0 Å². The van der Waals surface area contributed by atoms with Crippen molar-refractivity contribution >= 4 is 23.4 Å². The molecule has 0 unspecified atom stereocenters. The lowest BCUT2D eigenvalue weighted by molar-refractivity contribution is -0.525. The number of anilines is 1. The first kappa shape index (κ1) is 14.2. The van der Waals surface area contributed by atoms with E-state index in [-0.39, 0.29) is 5.96 Å². The first-order valence-corrected chi connectivity index (χ1v) is 5.13. The number of ether oxygens (including phenoxy) is 1. The number of aryl methyl sites for hydroxylation is 1. The summed E-state index contributed by atoms with van der Waals surface area (Å²) in [5, 5.41) is 11.8. The van der Waals surface area contributed by atoms with Crippen molar-refractivity contribution in [2.75, 3.05) is 12.4 Å². The Balaban J connectivity index is 2.95. The summed E-state index contributed by atoms with van der Waals surface area (Å²) in [6.07, 6.45) is -0.624. The first-order chi connectivity index (χ1) is 8.92. The molecule has 0 aliphatic heterocycles. The van der Waals surface area contributed by atoms with Gasteiger partial charge in [0.1, 0.15) is 0 Å². The number of nitro groups is 1. The molecule has 9 heteroatoms. The van der Waals surface area contributed by atoms with Gasteiger partial charge in [-0.1, -0.05) is 11.5 Å². The molecule has 1 aromatic rings. The molecule has 0 bridgehead atoms. The average molecular weight is 267 g/mol. The predicted octanol–water partition coefficient (Wildman–Crippen LogP) is 0.901. The Morgan fingerprint density at radius 3 is 2.79 bits per heavy atom. The van der Waals surface area contributed by atoms with E-state index in [9.17, 15) is 14.9 Å². The lowest BCUT2D eigenvalue weighted by Gasteiger charge is -2.08. The third kappa shape index (κ3) is 4.50. The fourth-order valence-electron chi connectivity index (χ4n) is 1.23. The third-order valence-corrected chi connectivity index (χ3v) is 2.10. The third-order valence-electron chi connectivity index (χ3n) is 2.10. The Hall–Kier alpha value is -2.84. The van der Waals surface area contributed by atoms with Crippen LogP contribution in [-0.4, -0.2) is 24.2 Å². The summed E-state index contributed by atoms with van der Waals surface area (Å²) in [5.41, 5.74) is 8.63. The summed E-state index contributed by atoms with van der Waals surface area (Å²) in [5.74, 6) is -0.363. The van der Waals surface area contributed by atoms with E-state index in [1.807, 2.05) is 0 Å². The van der Waals surface area contributed by atoms with Crippen LogP contribution in [-0.2, 0) is 4.74 Å². The summed E-state index contributed by atoms with van der Waals surface area (Å²) in [6.45, 7) is 1.78. The van der Waals surface area contributed by atoms with Gasteiger partial charge < -0.3 is 10.5 Å². The van der Waals surface area contributed by atoms with Crippen LogP contribution in [0.5, 0.6) is 0 Å². The normalized spacial score (nSPS) is 10.7.